The summed E-state index contributed by atoms with van der Waals surface area (Å²) in [5.74, 6) is -2.33. The first kappa shape index (κ1) is 14.9. The number of halogens is 2. The minimum atomic E-state index is -0.969. The quantitative estimate of drug-likeness (QED) is 0.663. The molecule has 0 radical (unpaired) electrons. The largest absolute Gasteiger partial charge is 0.394 e. The average Bonchev–Trinajstić information content (AvgIpc) is 2.37. The van der Waals surface area contributed by atoms with Crippen LogP contribution in [0.2, 0.25) is 0 Å². The molecule has 0 bridgehead atoms. The zero-order valence-corrected chi connectivity index (χ0v) is 10.2. The summed E-state index contributed by atoms with van der Waals surface area (Å²) in [6, 6.07) is 2.65. The second-order valence-electron chi connectivity index (χ2n) is 3.49. The highest BCUT2D eigenvalue weighted by atomic mass is 32.2. The summed E-state index contributed by atoms with van der Waals surface area (Å²) in [6.07, 6.45) is 0. The summed E-state index contributed by atoms with van der Waals surface area (Å²) in [5, 5.41) is 19.9. The van der Waals surface area contributed by atoms with Gasteiger partial charge in [0, 0.05) is 4.90 Å². The molecular formula is C11H13F2NO3S. The van der Waals surface area contributed by atoms with Gasteiger partial charge in [-0.1, -0.05) is 0 Å². The van der Waals surface area contributed by atoms with Gasteiger partial charge in [-0.15, -0.1) is 11.8 Å². The second kappa shape index (κ2) is 7.30. The van der Waals surface area contributed by atoms with Gasteiger partial charge in [0.1, 0.15) is 0 Å². The van der Waals surface area contributed by atoms with Crippen molar-refractivity contribution in [3.05, 3.63) is 29.8 Å². The molecule has 100 valence electrons. The molecule has 0 saturated heterocycles. The van der Waals surface area contributed by atoms with Crippen LogP contribution in [0.4, 0.5) is 8.78 Å². The van der Waals surface area contributed by atoms with Crippen LogP contribution in [0.3, 0.4) is 0 Å². The molecule has 0 unspecified atom stereocenters. The fourth-order valence-electron chi connectivity index (χ4n) is 1.13. The van der Waals surface area contributed by atoms with Crippen molar-refractivity contribution in [1.29, 1.82) is 0 Å². The number of hydrogen-bond acceptors (Lipinski definition) is 4. The Morgan fingerprint density at radius 2 is 1.94 bits per heavy atom. The van der Waals surface area contributed by atoms with Gasteiger partial charge in [-0.3, -0.25) is 4.79 Å². The number of amides is 1. The molecule has 0 aromatic heterocycles. The summed E-state index contributed by atoms with van der Waals surface area (Å²) in [6.45, 7) is -0.726. The highest BCUT2D eigenvalue weighted by molar-refractivity contribution is 8.00. The van der Waals surface area contributed by atoms with Crippen LogP contribution in [0.5, 0.6) is 0 Å². The maximum absolute atomic E-state index is 12.9. The molecule has 0 atom stereocenters. The van der Waals surface area contributed by atoms with E-state index in [1.165, 1.54) is 6.07 Å². The van der Waals surface area contributed by atoms with Gasteiger partial charge in [0.2, 0.25) is 5.91 Å². The van der Waals surface area contributed by atoms with Crippen LogP contribution in [-0.2, 0) is 4.79 Å². The third-order valence-electron chi connectivity index (χ3n) is 2.07. The standard InChI is InChI=1S/C11H13F2NO3S/c12-9-2-1-8(3-10(9)13)18-6-11(17)14-7(4-15)5-16/h1-3,7,15-16H,4-6H2,(H,14,17). The molecule has 1 rings (SSSR count). The molecule has 3 N–H and O–H groups in total. The number of nitrogens with one attached hydrogen (secondary N) is 1. The summed E-state index contributed by atoms with van der Waals surface area (Å²) in [5.41, 5.74) is 0. The zero-order valence-electron chi connectivity index (χ0n) is 9.40. The van der Waals surface area contributed by atoms with E-state index in [0.717, 1.165) is 23.9 Å². The molecule has 0 spiro atoms. The topological polar surface area (TPSA) is 69.6 Å². The van der Waals surface area contributed by atoms with Crippen molar-refractivity contribution >= 4 is 17.7 Å². The molecule has 7 heteroatoms. The number of thioether (sulfide) groups is 1. The van der Waals surface area contributed by atoms with E-state index in [1.54, 1.807) is 0 Å². The van der Waals surface area contributed by atoms with Gasteiger partial charge in [-0.2, -0.15) is 0 Å². The Morgan fingerprint density at radius 1 is 1.28 bits per heavy atom. The lowest BCUT2D eigenvalue weighted by Crippen LogP contribution is -2.40. The van der Waals surface area contributed by atoms with Crippen molar-refractivity contribution < 1.29 is 23.8 Å². The molecule has 0 aliphatic carbocycles. The highest BCUT2D eigenvalue weighted by Crippen LogP contribution is 2.19. The number of benzene rings is 1. The van der Waals surface area contributed by atoms with E-state index in [9.17, 15) is 13.6 Å². The Morgan fingerprint density at radius 3 is 2.50 bits per heavy atom. The fraction of sp³-hybridized carbons (Fsp3) is 0.364. The van der Waals surface area contributed by atoms with E-state index in [0.29, 0.717) is 4.90 Å². The minimum Gasteiger partial charge on any atom is -0.394 e. The van der Waals surface area contributed by atoms with Gasteiger partial charge in [0.25, 0.3) is 0 Å². The molecule has 1 amide bonds. The highest BCUT2D eigenvalue weighted by Gasteiger charge is 2.11. The number of hydrogen-bond donors (Lipinski definition) is 3. The first-order valence-corrected chi connectivity index (χ1v) is 6.14. The van der Waals surface area contributed by atoms with Gasteiger partial charge in [0.05, 0.1) is 25.0 Å². The van der Waals surface area contributed by atoms with Crippen LogP contribution in [-0.4, -0.2) is 41.1 Å². The maximum atomic E-state index is 12.9. The van der Waals surface area contributed by atoms with Crippen LogP contribution in [0.15, 0.2) is 23.1 Å². The second-order valence-corrected chi connectivity index (χ2v) is 4.54. The van der Waals surface area contributed by atoms with Crippen molar-refractivity contribution in [3.63, 3.8) is 0 Å². The summed E-state index contributed by atoms with van der Waals surface area (Å²) < 4.78 is 25.5. The van der Waals surface area contributed by atoms with E-state index in [2.05, 4.69) is 5.32 Å². The van der Waals surface area contributed by atoms with E-state index in [4.69, 9.17) is 10.2 Å². The molecule has 0 aliphatic heterocycles. The van der Waals surface area contributed by atoms with Crippen LogP contribution >= 0.6 is 11.8 Å². The smallest absolute Gasteiger partial charge is 0.230 e. The molecule has 18 heavy (non-hydrogen) atoms. The average molecular weight is 277 g/mol. The van der Waals surface area contributed by atoms with Gasteiger partial charge < -0.3 is 15.5 Å². The summed E-state index contributed by atoms with van der Waals surface area (Å²) in [7, 11) is 0. The molecule has 0 saturated carbocycles. The van der Waals surface area contributed by atoms with Crippen LogP contribution < -0.4 is 5.32 Å². The fourth-order valence-corrected chi connectivity index (χ4v) is 1.87. The van der Waals surface area contributed by atoms with Gasteiger partial charge in [-0.05, 0) is 18.2 Å². The molecular weight excluding hydrogens is 264 g/mol. The van der Waals surface area contributed by atoms with Crippen molar-refractivity contribution in [2.75, 3.05) is 19.0 Å². The van der Waals surface area contributed by atoms with Crippen molar-refractivity contribution in [2.24, 2.45) is 0 Å². The number of aliphatic hydroxyl groups is 2. The van der Waals surface area contributed by atoms with E-state index in [1.807, 2.05) is 0 Å². The Kier molecular flexibility index (Phi) is 6.03. The lowest BCUT2D eigenvalue weighted by molar-refractivity contribution is -0.119. The molecule has 0 aliphatic rings. The van der Waals surface area contributed by atoms with Crippen LogP contribution in [0.25, 0.3) is 0 Å². The first-order valence-electron chi connectivity index (χ1n) is 5.15. The van der Waals surface area contributed by atoms with E-state index in [-0.39, 0.29) is 19.0 Å². The lowest BCUT2D eigenvalue weighted by Gasteiger charge is -2.12. The SMILES string of the molecule is O=C(CSc1ccc(F)c(F)c1)NC(CO)CO. The van der Waals surface area contributed by atoms with E-state index >= 15 is 0 Å². The first-order chi connectivity index (χ1) is 8.56. The summed E-state index contributed by atoms with van der Waals surface area (Å²) in [4.78, 5) is 11.8. The zero-order chi connectivity index (χ0) is 13.5. The molecule has 4 nitrogen and oxygen atoms in total. The van der Waals surface area contributed by atoms with Crippen molar-refractivity contribution in [1.82, 2.24) is 5.32 Å². The molecule has 0 heterocycles. The predicted octanol–water partition coefficient (Wildman–Crippen LogP) is 0.526. The number of carbonyl (C=O) groups is 1. The van der Waals surface area contributed by atoms with Crippen molar-refractivity contribution in [3.8, 4) is 0 Å². The van der Waals surface area contributed by atoms with Crippen LogP contribution in [0.1, 0.15) is 0 Å². The molecule has 0 fully saturated rings. The maximum Gasteiger partial charge on any atom is 0.230 e. The normalized spacial score (nSPS) is 10.7. The number of rotatable bonds is 6. The molecule has 1 aromatic carbocycles. The van der Waals surface area contributed by atoms with Gasteiger partial charge >= 0.3 is 0 Å². The van der Waals surface area contributed by atoms with Crippen molar-refractivity contribution in [2.45, 2.75) is 10.9 Å². The van der Waals surface area contributed by atoms with E-state index < -0.39 is 23.6 Å². The minimum absolute atomic E-state index is 0.0123. The summed E-state index contributed by atoms with van der Waals surface area (Å²) >= 11 is 1.03. The van der Waals surface area contributed by atoms with Gasteiger partial charge in [-0.25, -0.2) is 8.78 Å². The number of carbonyl (C=O) groups excluding carboxylic acids is 1. The monoisotopic (exact) mass is 277 g/mol. The predicted molar refractivity (Wildman–Crippen MR) is 63.2 cm³/mol. The Bertz CT molecular complexity index is 413. The van der Waals surface area contributed by atoms with Crippen LogP contribution in [0, 0.1) is 11.6 Å². The molecule has 1 aromatic rings. The third kappa shape index (κ3) is 4.59. The Hall–Kier alpha value is -1.18. The Balaban J connectivity index is 2.44. The Labute approximate surface area is 107 Å². The lowest BCUT2D eigenvalue weighted by atomic mass is 10.3. The number of aliphatic hydroxyl groups excluding tert-OH is 2. The van der Waals surface area contributed by atoms with Gasteiger partial charge in [0.15, 0.2) is 11.6 Å². The third-order valence-corrected chi connectivity index (χ3v) is 3.06.